The molecule has 0 saturated carbocycles. The van der Waals surface area contributed by atoms with Crippen LogP contribution in [0.15, 0.2) is 71.2 Å². The molecule has 3 rings (SSSR count). The van der Waals surface area contributed by atoms with E-state index in [2.05, 4.69) is 15.9 Å². The van der Waals surface area contributed by atoms with Gasteiger partial charge in [-0.1, -0.05) is 64.5 Å². The molecule has 0 atom stereocenters. The highest BCUT2D eigenvalue weighted by Crippen LogP contribution is 2.19. The number of rotatable bonds is 4. The summed E-state index contributed by atoms with van der Waals surface area (Å²) in [6, 6.07) is 19.9. The van der Waals surface area contributed by atoms with Crippen molar-refractivity contribution in [3.63, 3.8) is 0 Å². The number of hydrogen-bond acceptors (Lipinski definition) is 3. The Morgan fingerprint density at radius 2 is 1.57 bits per heavy atom. The Kier molecular flexibility index (Phi) is 4.53. The van der Waals surface area contributed by atoms with Gasteiger partial charge in [-0.25, -0.2) is 4.79 Å². The molecule has 0 bridgehead atoms. The van der Waals surface area contributed by atoms with Crippen molar-refractivity contribution < 1.29 is 14.3 Å². The van der Waals surface area contributed by atoms with E-state index in [1.807, 2.05) is 30.3 Å². The van der Waals surface area contributed by atoms with E-state index in [9.17, 15) is 9.59 Å². The van der Waals surface area contributed by atoms with Crippen molar-refractivity contribution >= 4 is 38.5 Å². The molecule has 0 amide bonds. The minimum absolute atomic E-state index is 0.230. The standard InChI is InChI=1S/C19H13BrO3/c20-15-10-8-14(9-11-15)18(21)12-23-19(22)17-7-3-5-13-4-1-2-6-16(13)17/h1-11H,12H2. The van der Waals surface area contributed by atoms with Crippen molar-refractivity contribution in [1.82, 2.24) is 0 Å². The molecule has 0 spiro atoms. The monoisotopic (exact) mass is 368 g/mol. The summed E-state index contributed by atoms with van der Waals surface area (Å²) in [6.45, 7) is -0.274. The van der Waals surface area contributed by atoms with Crippen LogP contribution in [0, 0.1) is 0 Å². The Morgan fingerprint density at radius 1 is 0.870 bits per heavy atom. The fourth-order valence-corrected chi connectivity index (χ4v) is 2.60. The number of halogens is 1. The zero-order valence-corrected chi connectivity index (χ0v) is 13.7. The van der Waals surface area contributed by atoms with Crippen LogP contribution in [-0.2, 0) is 4.74 Å². The lowest BCUT2D eigenvalue weighted by Crippen LogP contribution is -2.14. The molecule has 3 nitrogen and oxygen atoms in total. The Balaban J connectivity index is 1.74. The normalized spacial score (nSPS) is 10.5. The van der Waals surface area contributed by atoms with Crippen LogP contribution in [0.25, 0.3) is 10.8 Å². The number of esters is 1. The predicted octanol–water partition coefficient (Wildman–Crippen LogP) is 4.64. The van der Waals surface area contributed by atoms with E-state index in [0.717, 1.165) is 15.2 Å². The molecular formula is C19H13BrO3. The maximum absolute atomic E-state index is 12.3. The van der Waals surface area contributed by atoms with Crippen molar-refractivity contribution in [2.45, 2.75) is 0 Å². The summed E-state index contributed by atoms with van der Waals surface area (Å²) in [5, 5.41) is 1.78. The first-order valence-electron chi connectivity index (χ1n) is 7.09. The smallest absolute Gasteiger partial charge is 0.339 e. The lowest BCUT2D eigenvalue weighted by molar-refractivity contribution is 0.0476. The molecule has 0 aliphatic rings. The van der Waals surface area contributed by atoms with E-state index in [4.69, 9.17) is 4.74 Å². The highest BCUT2D eigenvalue weighted by Gasteiger charge is 2.14. The second-order valence-corrected chi connectivity index (χ2v) is 5.95. The van der Waals surface area contributed by atoms with Gasteiger partial charge >= 0.3 is 5.97 Å². The van der Waals surface area contributed by atoms with Crippen LogP contribution < -0.4 is 0 Å². The van der Waals surface area contributed by atoms with Gasteiger partial charge in [0.25, 0.3) is 0 Å². The fraction of sp³-hybridized carbons (Fsp3) is 0.0526. The Morgan fingerprint density at radius 3 is 2.35 bits per heavy atom. The molecule has 0 radical (unpaired) electrons. The number of carbonyl (C=O) groups is 2. The number of Topliss-reactive ketones (excluding diaryl/α,β-unsaturated/α-hetero) is 1. The van der Waals surface area contributed by atoms with Gasteiger partial charge in [-0.2, -0.15) is 0 Å². The third-order valence-corrected chi connectivity index (χ3v) is 4.04. The summed E-state index contributed by atoms with van der Waals surface area (Å²) in [7, 11) is 0. The predicted molar refractivity (Wildman–Crippen MR) is 92.7 cm³/mol. The second-order valence-electron chi connectivity index (χ2n) is 5.03. The quantitative estimate of drug-likeness (QED) is 0.497. The van der Waals surface area contributed by atoms with Crippen molar-refractivity contribution in [2.24, 2.45) is 0 Å². The van der Waals surface area contributed by atoms with Crippen LogP contribution in [0.1, 0.15) is 20.7 Å². The van der Waals surface area contributed by atoms with E-state index in [1.54, 1.807) is 36.4 Å². The Labute approximate surface area is 142 Å². The highest BCUT2D eigenvalue weighted by molar-refractivity contribution is 9.10. The SMILES string of the molecule is O=C(COC(=O)c1cccc2ccccc12)c1ccc(Br)cc1. The maximum atomic E-state index is 12.3. The van der Waals surface area contributed by atoms with E-state index in [1.165, 1.54) is 0 Å². The average Bonchev–Trinajstić information content (AvgIpc) is 2.59. The van der Waals surface area contributed by atoms with Crippen LogP contribution in [0.4, 0.5) is 0 Å². The first kappa shape index (κ1) is 15.4. The first-order valence-corrected chi connectivity index (χ1v) is 7.88. The minimum Gasteiger partial charge on any atom is -0.454 e. The number of fused-ring (bicyclic) bond motifs is 1. The van der Waals surface area contributed by atoms with Gasteiger partial charge in [0.1, 0.15) is 0 Å². The number of benzene rings is 3. The van der Waals surface area contributed by atoms with Crippen LogP contribution >= 0.6 is 15.9 Å². The molecule has 0 fully saturated rings. The molecule has 114 valence electrons. The molecule has 3 aromatic carbocycles. The molecule has 3 aromatic rings. The van der Waals surface area contributed by atoms with E-state index >= 15 is 0 Å². The summed E-state index contributed by atoms with van der Waals surface area (Å²) in [5.74, 6) is -0.724. The summed E-state index contributed by atoms with van der Waals surface area (Å²) in [4.78, 5) is 24.3. The molecule has 0 N–H and O–H groups in total. The lowest BCUT2D eigenvalue weighted by atomic mass is 10.0. The molecule has 0 aliphatic carbocycles. The third kappa shape index (κ3) is 3.48. The maximum Gasteiger partial charge on any atom is 0.339 e. The lowest BCUT2D eigenvalue weighted by Gasteiger charge is -2.07. The summed E-state index contributed by atoms with van der Waals surface area (Å²) in [6.07, 6.45) is 0. The molecule has 0 aliphatic heterocycles. The summed E-state index contributed by atoms with van der Waals surface area (Å²) >= 11 is 3.31. The van der Waals surface area contributed by atoms with Gasteiger partial charge in [-0.3, -0.25) is 4.79 Å². The van der Waals surface area contributed by atoms with E-state index in [-0.39, 0.29) is 12.4 Å². The zero-order valence-electron chi connectivity index (χ0n) is 12.2. The van der Waals surface area contributed by atoms with Crippen LogP contribution in [0.5, 0.6) is 0 Å². The number of ketones is 1. The average molecular weight is 369 g/mol. The molecular weight excluding hydrogens is 356 g/mol. The minimum atomic E-state index is -0.493. The van der Waals surface area contributed by atoms with Gasteiger partial charge in [-0.05, 0) is 29.0 Å². The Hall–Kier alpha value is -2.46. The van der Waals surface area contributed by atoms with E-state index in [0.29, 0.717) is 11.1 Å². The van der Waals surface area contributed by atoms with Gasteiger partial charge in [-0.15, -0.1) is 0 Å². The molecule has 4 heteroatoms. The molecule has 0 saturated heterocycles. The Bertz CT molecular complexity index is 864. The topological polar surface area (TPSA) is 43.4 Å². The first-order chi connectivity index (χ1) is 11.1. The van der Waals surface area contributed by atoms with Gasteiger partial charge in [0.15, 0.2) is 12.4 Å². The number of hydrogen-bond donors (Lipinski definition) is 0. The molecule has 0 unspecified atom stereocenters. The summed E-state index contributed by atoms with van der Waals surface area (Å²) in [5.41, 5.74) is 0.977. The van der Waals surface area contributed by atoms with Gasteiger partial charge < -0.3 is 4.74 Å². The zero-order chi connectivity index (χ0) is 16.2. The van der Waals surface area contributed by atoms with Crippen molar-refractivity contribution in [2.75, 3.05) is 6.61 Å². The largest absolute Gasteiger partial charge is 0.454 e. The molecule has 0 aromatic heterocycles. The van der Waals surface area contributed by atoms with E-state index < -0.39 is 5.97 Å². The van der Waals surface area contributed by atoms with Gasteiger partial charge in [0.2, 0.25) is 0 Å². The van der Waals surface area contributed by atoms with Crippen molar-refractivity contribution in [3.05, 3.63) is 82.3 Å². The summed E-state index contributed by atoms with van der Waals surface area (Å²) < 4.78 is 6.07. The van der Waals surface area contributed by atoms with Crippen LogP contribution in [0.3, 0.4) is 0 Å². The van der Waals surface area contributed by atoms with Crippen LogP contribution in [0.2, 0.25) is 0 Å². The highest BCUT2D eigenvalue weighted by atomic mass is 79.9. The van der Waals surface area contributed by atoms with Gasteiger partial charge in [0, 0.05) is 10.0 Å². The fourth-order valence-electron chi connectivity index (χ4n) is 2.33. The van der Waals surface area contributed by atoms with Crippen molar-refractivity contribution in [3.8, 4) is 0 Å². The van der Waals surface area contributed by atoms with Gasteiger partial charge in [0.05, 0.1) is 5.56 Å². The number of carbonyl (C=O) groups excluding carboxylic acids is 2. The van der Waals surface area contributed by atoms with Crippen molar-refractivity contribution in [1.29, 1.82) is 0 Å². The third-order valence-electron chi connectivity index (χ3n) is 3.51. The second kappa shape index (κ2) is 6.75. The molecule has 23 heavy (non-hydrogen) atoms. The molecule has 0 heterocycles. The van der Waals surface area contributed by atoms with Crippen LogP contribution in [-0.4, -0.2) is 18.4 Å². The number of ether oxygens (including phenoxy) is 1.